The monoisotopic (exact) mass is 461 g/mol. The average Bonchev–Trinajstić information content (AvgIpc) is 3.56. The predicted octanol–water partition coefficient (Wildman–Crippen LogP) is 4.14. The number of aromatic nitrogens is 1. The first kappa shape index (κ1) is 24.8. The van der Waals surface area contributed by atoms with E-state index in [2.05, 4.69) is 0 Å². The smallest absolute Gasteiger partial charge is 0.305 e. The summed E-state index contributed by atoms with van der Waals surface area (Å²) in [6, 6.07) is 14.1. The molecule has 0 bridgehead atoms. The number of aliphatic carboxylic acids is 1. The van der Waals surface area contributed by atoms with Crippen LogP contribution in [0.15, 0.2) is 54.6 Å². The third-order valence-corrected chi connectivity index (χ3v) is 5.47. The van der Waals surface area contributed by atoms with E-state index in [1.165, 1.54) is 12.1 Å². The van der Waals surface area contributed by atoms with Crippen molar-refractivity contribution < 1.29 is 24.5 Å². The number of benzene rings is 2. The van der Waals surface area contributed by atoms with E-state index in [1.54, 1.807) is 24.3 Å². The summed E-state index contributed by atoms with van der Waals surface area (Å²) in [5.74, 6) is -1.10. The number of nitrogens with zero attached hydrogens (tertiary/aromatic N) is 1. The number of fused-ring (bicyclic) bond motifs is 1. The van der Waals surface area contributed by atoms with Gasteiger partial charge in [-0.05, 0) is 36.6 Å². The minimum Gasteiger partial charge on any atom is -0.481 e. The van der Waals surface area contributed by atoms with Crippen LogP contribution in [-0.4, -0.2) is 76.2 Å². The molecule has 0 amide bonds. The number of halogens is 1. The molecule has 162 valence electrons. The van der Waals surface area contributed by atoms with Gasteiger partial charge in [0.25, 0.3) is 0 Å². The molecular weight excluding hydrogens is 437 g/mol. The molecule has 7 heteroatoms. The summed E-state index contributed by atoms with van der Waals surface area (Å²) in [4.78, 5) is 15.6. The van der Waals surface area contributed by atoms with E-state index in [9.17, 15) is 19.4 Å². The van der Waals surface area contributed by atoms with Gasteiger partial charge in [0.1, 0.15) is 5.82 Å². The van der Waals surface area contributed by atoms with Crippen LogP contribution in [-0.2, 0) is 4.79 Å². The Bertz CT molecular complexity index is 1130. The molecule has 32 heavy (non-hydrogen) atoms. The van der Waals surface area contributed by atoms with Gasteiger partial charge in [-0.1, -0.05) is 42.5 Å². The fourth-order valence-corrected chi connectivity index (χ4v) is 3.86. The molecule has 1 aromatic heterocycles. The van der Waals surface area contributed by atoms with Gasteiger partial charge in [-0.15, -0.1) is 0 Å². The molecule has 0 spiro atoms. The molecule has 2 radical (unpaired) electrons. The van der Waals surface area contributed by atoms with Crippen molar-refractivity contribution in [3.63, 3.8) is 0 Å². The molecule has 1 aliphatic carbocycles. The maximum atomic E-state index is 13.6. The van der Waals surface area contributed by atoms with Crippen molar-refractivity contribution in [1.29, 1.82) is 0 Å². The van der Waals surface area contributed by atoms with Crippen molar-refractivity contribution >= 4 is 60.7 Å². The Morgan fingerprint density at radius 1 is 1.12 bits per heavy atom. The van der Waals surface area contributed by atoms with Gasteiger partial charge < -0.3 is 15.3 Å². The Hall–Kier alpha value is -1.83. The van der Waals surface area contributed by atoms with Crippen molar-refractivity contribution in [1.82, 2.24) is 4.98 Å². The molecule has 1 fully saturated rings. The zero-order valence-corrected chi connectivity index (χ0v) is 19.8. The van der Waals surface area contributed by atoms with Crippen LogP contribution in [0.5, 0.6) is 0 Å². The number of pyridine rings is 1. The summed E-state index contributed by atoms with van der Waals surface area (Å²) in [6.45, 7) is 0. The second kappa shape index (κ2) is 10.9. The van der Waals surface area contributed by atoms with Crippen LogP contribution in [0.4, 0.5) is 4.39 Å². The Balaban J connectivity index is 0.00000289. The minimum atomic E-state index is -1.13. The quantitative estimate of drug-likeness (QED) is 0.439. The molecule has 0 aliphatic heterocycles. The van der Waals surface area contributed by atoms with Gasteiger partial charge in [0.05, 0.1) is 29.8 Å². The van der Waals surface area contributed by atoms with Crippen LogP contribution in [0.2, 0.25) is 0 Å². The van der Waals surface area contributed by atoms with Gasteiger partial charge in [-0.2, -0.15) is 0 Å². The first-order chi connectivity index (χ1) is 14.9. The Labute approximate surface area is 215 Å². The largest absolute Gasteiger partial charge is 0.481 e. The van der Waals surface area contributed by atoms with Crippen molar-refractivity contribution in [2.24, 2.45) is 0 Å². The number of carboxylic acid groups (broad SMARTS) is 1. The molecule has 3 N–H and O–H groups in total. The van der Waals surface area contributed by atoms with Crippen molar-refractivity contribution in [3.8, 4) is 11.1 Å². The van der Waals surface area contributed by atoms with Crippen LogP contribution in [0.25, 0.3) is 28.1 Å². The molecule has 1 aliphatic rings. The van der Waals surface area contributed by atoms with Crippen molar-refractivity contribution in [2.45, 2.75) is 43.8 Å². The fraction of sp³-hybridized carbons (Fsp3) is 0.280. The number of hydrogen-bond donors (Lipinski definition) is 3. The van der Waals surface area contributed by atoms with Crippen LogP contribution in [0, 0.1) is 5.82 Å². The summed E-state index contributed by atoms with van der Waals surface area (Å²) in [7, 11) is 0. The number of para-hydroxylation sites is 1. The van der Waals surface area contributed by atoms with E-state index in [-0.39, 0.29) is 50.0 Å². The molecule has 5 nitrogen and oxygen atoms in total. The number of carbonyl (C=O) groups is 1. The number of hydrogen-bond acceptors (Lipinski definition) is 4. The van der Waals surface area contributed by atoms with E-state index < -0.39 is 24.6 Å². The van der Waals surface area contributed by atoms with Crippen molar-refractivity contribution in [3.05, 3.63) is 71.7 Å². The molecule has 2 atom stereocenters. The third-order valence-electron chi connectivity index (χ3n) is 5.47. The summed E-state index contributed by atoms with van der Waals surface area (Å²) in [5.41, 5.74) is 4.43. The maximum Gasteiger partial charge on any atom is 0.305 e. The zero-order valence-electron chi connectivity index (χ0n) is 17.6. The number of aliphatic hydroxyl groups is 2. The Morgan fingerprint density at radius 3 is 2.47 bits per heavy atom. The van der Waals surface area contributed by atoms with Gasteiger partial charge in [0.2, 0.25) is 0 Å². The molecule has 3 aromatic rings. The van der Waals surface area contributed by atoms with E-state index in [4.69, 9.17) is 10.1 Å². The summed E-state index contributed by atoms with van der Waals surface area (Å²) in [6.07, 6.45) is 2.80. The SMILES string of the molecule is O=C(O)C[C@H](O)C[C@@H](O)/C=C/c1c(C2CC2)nc2ccccc2c1-c1ccc(F)cc1.[Ca]. The van der Waals surface area contributed by atoms with Crippen LogP contribution in [0.1, 0.15) is 42.9 Å². The van der Waals surface area contributed by atoms with Gasteiger partial charge in [0, 0.05) is 66.6 Å². The number of carboxylic acids is 1. The minimum absolute atomic E-state index is 0. The molecule has 0 unspecified atom stereocenters. The normalized spacial score (nSPS) is 15.5. The van der Waals surface area contributed by atoms with Crippen LogP contribution < -0.4 is 0 Å². The Morgan fingerprint density at radius 2 is 1.81 bits per heavy atom. The average molecular weight is 462 g/mol. The molecule has 0 saturated heterocycles. The number of rotatable bonds is 8. The van der Waals surface area contributed by atoms with Gasteiger partial charge >= 0.3 is 5.97 Å². The van der Waals surface area contributed by atoms with E-state index in [0.717, 1.165) is 46.1 Å². The van der Waals surface area contributed by atoms with Gasteiger partial charge in [-0.25, -0.2) is 4.39 Å². The third kappa shape index (κ3) is 5.94. The Kier molecular flexibility index (Phi) is 8.42. The zero-order chi connectivity index (χ0) is 22.0. The first-order valence-corrected chi connectivity index (χ1v) is 10.4. The second-order valence-electron chi connectivity index (χ2n) is 8.00. The number of aliphatic hydroxyl groups excluding tert-OH is 2. The molecule has 2 aromatic carbocycles. The molecule has 1 heterocycles. The fourth-order valence-electron chi connectivity index (χ4n) is 3.86. The molecule has 4 rings (SSSR count). The first-order valence-electron chi connectivity index (χ1n) is 10.4. The maximum absolute atomic E-state index is 13.6. The van der Waals surface area contributed by atoms with Crippen LogP contribution in [0.3, 0.4) is 0 Å². The summed E-state index contributed by atoms with van der Waals surface area (Å²) >= 11 is 0. The van der Waals surface area contributed by atoms with Crippen LogP contribution >= 0.6 is 0 Å². The van der Waals surface area contributed by atoms with E-state index >= 15 is 0 Å². The van der Waals surface area contributed by atoms with Gasteiger partial charge in [0.15, 0.2) is 0 Å². The molecular formula is C25H24CaFNO4. The topological polar surface area (TPSA) is 90.7 Å². The van der Waals surface area contributed by atoms with Crippen molar-refractivity contribution in [2.75, 3.05) is 0 Å². The van der Waals surface area contributed by atoms with E-state index in [1.807, 2.05) is 24.3 Å². The summed E-state index contributed by atoms with van der Waals surface area (Å²) < 4.78 is 13.6. The summed E-state index contributed by atoms with van der Waals surface area (Å²) in [5, 5.41) is 29.9. The standard InChI is InChI=1S/C25H24FNO4.Ca/c26-17-9-7-15(8-10-17)24-20-3-1-2-4-22(20)27-25(16-5-6-16)21(24)12-11-18(28)13-19(29)14-23(30)31;/h1-4,7-12,16,18-19,28-29H,5-6,13-14H2,(H,30,31);/b12-11+;/t18-,19+;/m0./s1. The van der Waals surface area contributed by atoms with Gasteiger partial charge in [-0.3, -0.25) is 9.78 Å². The predicted molar refractivity (Wildman–Crippen MR) is 123 cm³/mol. The molecule has 1 saturated carbocycles. The second-order valence-corrected chi connectivity index (χ2v) is 8.00. The van der Waals surface area contributed by atoms with E-state index in [0.29, 0.717) is 5.92 Å².